The highest BCUT2D eigenvalue weighted by atomic mass is 35.5. The van der Waals surface area contributed by atoms with Crippen molar-refractivity contribution < 1.29 is 28.0 Å². The molecule has 1 aromatic heterocycles. The summed E-state index contributed by atoms with van der Waals surface area (Å²) in [4.78, 5) is 30.8. The number of piperidine rings is 1. The summed E-state index contributed by atoms with van der Waals surface area (Å²) >= 11 is 0. The predicted octanol–water partition coefficient (Wildman–Crippen LogP) is 2.02. The number of methoxy groups -OCH3 is 1. The summed E-state index contributed by atoms with van der Waals surface area (Å²) in [6.07, 6.45) is 3.86. The summed E-state index contributed by atoms with van der Waals surface area (Å²) in [5.74, 6) is -0.762. The molecule has 198 valence electrons. The fourth-order valence-corrected chi connectivity index (χ4v) is 5.85. The van der Waals surface area contributed by atoms with Gasteiger partial charge in [-0.1, -0.05) is 0 Å². The molecule has 13 heteroatoms. The highest BCUT2D eigenvalue weighted by molar-refractivity contribution is 7.89. The Morgan fingerprint density at radius 2 is 1.78 bits per heavy atom. The number of rotatable bonds is 9. The average Bonchev–Trinajstić information content (AvgIpc) is 2.89. The zero-order valence-electron chi connectivity index (χ0n) is 20.2. The van der Waals surface area contributed by atoms with Gasteiger partial charge in [0, 0.05) is 38.6 Å². The number of ether oxygens (including phenoxy) is 1. The van der Waals surface area contributed by atoms with Crippen LogP contribution < -0.4 is 15.5 Å². The van der Waals surface area contributed by atoms with Crippen molar-refractivity contribution in [2.24, 2.45) is 5.92 Å². The van der Waals surface area contributed by atoms with Gasteiger partial charge in [-0.15, -0.1) is 12.4 Å². The lowest BCUT2D eigenvalue weighted by Gasteiger charge is -2.39. The van der Waals surface area contributed by atoms with Gasteiger partial charge in [-0.3, -0.25) is 15.0 Å². The Balaban J connectivity index is 0.00000456. The number of hydrogen-bond donors (Lipinski definition) is 3. The number of hydroxylamine groups is 1. The van der Waals surface area contributed by atoms with Crippen LogP contribution in [0.2, 0.25) is 0 Å². The lowest BCUT2D eigenvalue weighted by atomic mass is 9.88. The molecule has 3 N–H and O–H groups in total. The molecule has 0 radical (unpaired) electrons. The molecule has 2 aromatic rings. The second kappa shape index (κ2) is 13.4. The van der Waals surface area contributed by atoms with Gasteiger partial charge in [0.15, 0.2) is 0 Å². The Bertz CT molecular complexity index is 1100. The van der Waals surface area contributed by atoms with Crippen molar-refractivity contribution in [2.75, 3.05) is 26.7 Å². The van der Waals surface area contributed by atoms with Crippen LogP contribution >= 0.6 is 12.4 Å². The van der Waals surface area contributed by atoms with Crippen LogP contribution in [0.25, 0.3) is 0 Å². The fraction of sp³-hybridized carbons (Fsp3) is 0.435. The van der Waals surface area contributed by atoms with E-state index in [1.807, 2.05) is 6.92 Å². The SMILES string of the molecule is CCNC(=O)N1CCC([C@H](C(=O)NO)N(Cc2ccncc2)S(=O)(=O)c2ccc(OC)cc2)CC1.Cl. The molecule has 1 atom stereocenters. The van der Waals surface area contributed by atoms with E-state index in [0.29, 0.717) is 43.8 Å². The first kappa shape index (κ1) is 29.3. The van der Waals surface area contributed by atoms with E-state index in [2.05, 4.69) is 10.3 Å². The Morgan fingerprint density at radius 3 is 2.31 bits per heavy atom. The molecule has 0 unspecified atom stereocenters. The van der Waals surface area contributed by atoms with E-state index in [1.165, 1.54) is 31.4 Å². The van der Waals surface area contributed by atoms with Crippen LogP contribution in [0.15, 0.2) is 53.7 Å². The number of carbonyl (C=O) groups excluding carboxylic acids is 2. The van der Waals surface area contributed by atoms with Crippen LogP contribution in [-0.2, 0) is 21.4 Å². The zero-order valence-corrected chi connectivity index (χ0v) is 21.8. The Hall–Kier alpha value is -2.93. The van der Waals surface area contributed by atoms with Gasteiger partial charge in [0.1, 0.15) is 11.8 Å². The summed E-state index contributed by atoms with van der Waals surface area (Å²) in [6, 6.07) is 7.83. The molecule has 0 bridgehead atoms. The largest absolute Gasteiger partial charge is 0.497 e. The summed E-state index contributed by atoms with van der Waals surface area (Å²) in [6.45, 7) is 2.93. The van der Waals surface area contributed by atoms with Gasteiger partial charge < -0.3 is 15.0 Å². The molecule has 0 saturated carbocycles. The van der Waals surface area contributed by atoms with Crippen molar-refractivity contribution >= 4 is 34.4 Å². The first-order chi connectivity index (χ1) is 16.8. The number of urea groups is 1. The van der Waals surface area contributed by atoms with Crippen molar-refractivity contribution in [2.45, 2.75) is 37.2 Å². The standard InChI is InChI=1S/C23H31N5O6S.ClH/c1-3-25-23(30)27-14-10-18(11-15-27)21(22(29)26-31)28(16-17-8-12-24-13-9-17)35(32,33)20-6-4-19(34-2)5-7-20;/h4-9,12-13,18,21,31H,3,10-11,14-16H2,1-2H3,(H,25,30)(H,26,29);1H/t21-;/m1./s1. The molecule has 0 spiro atoms. The molecular formula is C23H32ClN5O6S. The maximum absolute atomic E-state index is 13.8. The molecular weight excluding hydrogens is 510 g/mol. The topological polar surface area (TPSA) is 141 Å². The molecule has 36 heavy (non-hydrogen) atoms. The number of nitrogens with one attached hydrogen (secondary N) is 2. The summed E-state index contributed by atoms with van der Waals surface area (Å²) in [7, 11) is -2.69. The minimum absolute atomic E-state index is 0. The number of aromatic nitrogens is 1. The van der Waals surface area contributed by atoms with E-state index in [4.69, 9.17) is 4.74 Å². The first-order valence-electron chi connectivity index (χ1n) is 11.3. The number of sulfonamides is 1. The predicted molar refractivity (Wildman–Crippen MR) is 134 cm³/mol. The van der Waals surface area contributed by atoms with E-state index in [0.717, 1.165) is 4.31 Å². The van der Waals surface area contributed by atoms with E-state index < -0.39 is 27.9 Å². The molecule has 2 heterocycles. The van der Waals surface area contributed by atoms with Gasteiger partial charge in [-0.05, 0) is 67.6 Å². The van der Waals surface area contributed by atoms with Gasteiger partial charge in [-0.2, -0.15) is 4.31 Å². The normalized spacial score (nSPS) is 15.1. The number of nitrogens with zero attached hydrogens (tertiary/aromatic N) is 3. The molecule has 1 aliphatic heterocycles. The summed E-state index contributed by atoms with van der Waals surface area (Å²) in [5, 5.41) is 12.3. The van der Waals surface area contributed by atoms with E-state index in [-0.39, 0.29) is 29.9 Å². The average molecular weight is 542 g/mol. The maximum Gasteiger partial charge on any atom is 0.317 e. The van der Waals surface area contributed by atoms with Crippen molar-refractivity contribution in [3.8, 4) is 5.75 Å². The Morgan fingerprint density at radius 1 is 1.17 bits per heavy atom. The van der Waals surface area contributed by atoms with Crippen molar-refractivity contribution in [3.05, 3.63) is 54.4 Å². The van der Waals surface area contributed by atoms with Crippen LogP contribution in [0.4, 0.5) is 4.79 Å². The number of pyridine rings is 1. The summed E-state index contributed by atoms with van der Waals surface area (Å²) in [5.41, 5.74) is 2.29. The number of hydrogen-bond acceptors (Lipinski definition) is 7. The van der Waals surface area contributed by atoms with Crippen molar-refractivity contribution in [1.82, 2.24) is 25.0 Å². The maximum atomic E-state index is 13.8. The van der Waals surface area contributed by atoms with Crippen LogP contribution in [0.3, 0.4) is 0 Å². The first-order valence-corrected chi connectivity index (χ1v) is 12.8. The number of likely N-dealkylation sites (tertiary alicyclic amines) is 1. The number of carbonyl (C=O) groups is 2. The monoisotopic (exact) mass is 541 g/mol. The second-order valence-corrected chi connectivity index (χ2v) is 10.1. The summed E-state index contributed by atoms with van der Waals surface area (Å²) < 4.78 is 33.9. The quantitative estimate of drug-likeness (QED) is 0.326. The Labute approximate surface area is 217 Å². The molecule has 0 aliphatic carbocycles. The molecule has 1 aliphatic rings. The van der Waals surface area contributed by atoms with Gasteiger partial charge in [0.25, 0.3) is 5.91 Å². The minimum Gasteiger partial charge on any atom is -0.497 e. The zero-order chi connectivity index (χ0) is 25.4. The molecule has 3 amide bonds. The molecule has 1 fully saturated rings. The van der Waals surface area contributed by atoms with Crippen molar-refractivity contribution in [3.63, 3.8) is 0 Å². The second-order valence-electron chi connectivity index (χ2n) is 8.16. The molecule has 1 aromatic carbocycles. The van der Waals surface area contributed by atoms with E-state index in [9.17, 15) is 23.2 Å². The lowest BCUT2D eigenvalue weighted by Crippen LogP contribution is -2.55. The van der Waals surface area contributed by atoms with Gasteiger partial charge in [-0.25, -0.2) is 18.7 Å². The third-order valence-electron chi connectivity index (χ3n) is 6.04. The lowest BCUT2D eigenvalue weighted by molar-refractivity contribution is -0.135. The van der Waals surface area contributed by atoms with Crippen LogP contribution in [-0.4, -0.2) is 72.5 Å². The van der Waals surface area contributed by atoms with Gasteiger partial charge in [0.05, 0.1) is 12.0 Å². The smallest absolute Gasteiger partial charge is 0.317 e. The van der Waals surface area contributed by atoms with Crippen molar-refractivity contribution in [1.29, 1.82) is 0 Å². The number of benzene rings is 1. The number of halogens is 1. The Kier molecular flexibility index (Phi) is 10.9. The third-order valence-corrected chi connectivity index (χ3v) is 7.89. The van der Waals surface area contributed by atoms with E-state index >= 15 is 0 Å². The van der Waals surface area contributed by atoms with Gasteiger partial charge in [0.2, 0.25) is 10.0 Å². The third kappa shape index (κ3) is 6.84. The molecule has 11 nitrogen and oxygen atoms in total. The van der Waals surface area contributed by atoms with Crippen LogP contribution in [0.1, 0.15) is 25.3 Å². The van der Waals surface area contributed by atoms with Gasteiger partial charge >= 0.3 is 6.03 Å². The van der Waals surface area contributed by atoms with E-state index in [1.54, 1.807) is 34.9 Å². The fourth-order valence-electron chi connectivity index (χ4n) is 4.21. The molecule has 1 saturated heterocycles. The molecule has 3 rings (SSSR count). The highest BCUT2D eigenvalue weighted by Crippen LogP contribution is 2.31. The highest BCUT2D eigenvalue weighted by Gasteiger charge is 2.42. The van der Waals surface area contributed by atoms with Crippen LogP contribution in [0.5, 0.6) is 5.75 Å². The van der Waals surface area contributed by atoms with Crippen LogP contribution in [0, 0.1) is 5.92 Å². The number of amides is 3. The minimum atomic E-state index is -4.17.